The van der Waals surface area contributed by atoms with Gasteiger partial charge in [-0.25, -0.2) is 0 Å². The number of rotatable bonds is 15. The minimum Gasteiger partial charge on any atom is -0.356 e. The van der Waals surface area contributed by atoms with Crippen molar-refractivity contribution in [3.8, 4) is 100 Å². The number of benzene rings is 22. The molecule has 24 rings (SSSR count). The van der Waals surface area contributed by atoms with E-state index in [2.05, 4.69) is 539 Å². The first-order chi connectivity index (χ1) is 63.9. The van der Waals surface area contributed by atoms with Gasteiger partial charge in [0.2, 0.25) is 0 Å². The molecule has 0 saturated heterocycles. The van der Waals surface area contributed by atoms with E-state index in [1.807, 2.05) is 6.07 Å². The third-order valence-corrected chi connectivity index (χ3v) is 25.7. The summed E-state index contributed by atoms with van der Waals surface area (Å²) in [6.45, 7) is 0. The standard InChI is InChI=1S/C62H42N2.C44H30N2.C18H13Br/c1-2-13-43(14-3-1)44-25-27-45(28-26-44)46-29-35-51(36-30-46)63(53-39-33-48(34-40-53)60-42-50-15-4-5-18-55(50)56-19-6-7-20-57(56)60)52-37-31-47(32-38-52)49-16-12-17-54(41-49)64-61-23-10-8-21-58(61)59-22-9-11-24-62(59)64;1-2-13-37-33(10-1)29-42(39-15-4-3-14-38(37)39)31-22-26-35(27-23-31)45-34-24-20-30(21-25-34)32-11-9-12-36(28-32)46-43-18-7-5-16-40(43)41-17-6-8-19-44(41)46;19-18-12-10-17(11-13-18)16-8-6-15(7-9-16)14-4-2-1-3-5-14/h1-42H;1-29,45H;1-13H. The van der Waals surface area contributed by atoms with Crippen LogP contribution in [0.3, 0.4) is 0 Å². The van der Waals surface area contributed by atoms with Crippen molar-refractivity contribution in [2.75, 3.05) is 10.2 Å². The smallest absolute Gasteiger partial charge is 0.0541 e. The van der Waals surface area contributed by atoms with E-state index in [9.17, 15) is 0 Å². The number of aromatic nitrogens is 2. The van der Waals surface area contributed by atoms with Gasteiger partial charge in [0.15, 0.2) is 0 Å². The second kappa shape index (κ2) is 34.9. The minimum absolute atomic E-state index is 1.06. The Bertz CT molecular complexity index is 8080. The molecule has 0 unspecified atom stereocenters. The molecule has 1 N–H and O–H groups in total. The van der Waals surface area contributed by atoms with Crippen LogP contribution in [-0.2, 0) is 0 Å². The molecule has 2 aromatic heterocycles. The number of hydrogen-bond acceptors (Lipinski definition) is 2. The maximum atomic E-state index is 3.60. The van der Waals surface area contributed by atoms with E-state index < -0.39 is 0 Å². The molecule has 5 heteroatoms. The van der Waals surface area contributed by atoms with Gasteiger partial charge < -0.3 is 19.4 Å². The van der Waals surface area contributed by atoms with Crippen molar-refractivity contribution in [1.29, 1.82) is 0 Å². The fraction of sp³-hybridized carbons (Fsp3) is 0. The summed E-state index contributed by atoms with van der Waals surface area (Å²) in [4.78, 5) is 2.36. The Morgan fingerprint density at radius 2 is 0.411 bits per heavy atom. The topological polar surface area (TPSA) is 25.1 Å². The van der Waals surface area contributed by atoms with E-state index in [4.69, 9.17) is 0 Å². The lowest BCUT2D eigenvalue weighted by Crippen LogP contribution is -2.09. The predicted octanol–water partition coefficient (Wildman–Crippen LogP) is 35.2. The number of para-hydroxylation sites is 4. The second-order valence-electron chi connectivity index (χ2n) is 32.9. The molecule has 0 aliphatic rings. The molecule has 0 amide bonds. The van der Waals surface area contributed by atoms with Gasteiger partial charge in [0, 0.05) is 65.8 Å². The predicted molar refractivity (Wildman–Crippen MR) is 554 cm³/mol. The summed E-state index contributed by atoms with van der Waals surface area (Å²) < 4.78 is 5.86. The van der Waals surface area contributed by atoms with Crippen molar-refractivity contribution in [3.63, 3.8) is 0 Å². The summed E-state index contributed by atoms with van der Waals surface area (Å²) in [5, 5.41) is 18.9. The highest BCUT2D eigenvalue weighted by molar-refractivity contribution is 9.10. The zero-order valence-electron chi connectivity index (χ0n) is 70.7. The molecule has 0 atom stereocenters. The number of nitrogens with one attached hydrogen (secondary N) is 1. The number of nitrogens with zero attached hydrogens (tertiary/aromatic N) is 3. The van der Waals surface area contributed by atoms with E-state index in [1.54, 1.807) is 0 Å². The molecule has 608 valence electrons. The zero-order valence-corrected chi connectivity index (χ0v) is 72.3. The fourth-order valence-electron chi connectivity index (χ4n) is 18.7. The van der Waals surface area contributed by atoms with E-state index >= 15 is 0 Å². The third kappa shape index (κ3) is 15.8. The maximum Gasteiger partial charge on any atom is 0.0541 e. The number of halogens is 1. The molecule has 24 aromatic rings. The molecular weight excluding hydrogens is 1630 g/mol. The van der Waals surface area contributed by atoms with Crippen LogP contribution in [0.15, 0.2) is 514 Å². The minimum atomic E-state index is 1.06. The van der Waals surface area contributed by atoms with Gasteiger partial charge in [0.1, 0.15) is 0 Å². The molecule has 0 fully saturated rings. The third-order valence-electron chi connectivity index (χ3n) is 25.1. The van der Waals surface area contributed by atoms with Gasteiger partial charge in [-0.15, -0.1) is 0 Å². The normalized spacial score (nSPS) is 11.3. The molecule has 0 radical (unpaired) electrons. The van der Waals surface area contributed by atoms with Crippen molar-refractivity contribution in [2.45, 2.75) is 0 Å². The van der Waals surface area contributed by atoms with Crippen molar-refractivity contribution >= 4 is 131 Å². The summed E-state index contributed by atoms with van der Waals surface area (Å²) in [6, 6.07) is 183. The Kier molecular flexibility index (Phi) is 21.3. The average molecular weight is 1710 g/mol. The lowest BCUT2D eigenvalue weighted by atomic mass is 9.93. The summed E-state index contributed by atoms with van der Waals surface area (Å²) >= 11 is 3.46. The second-order valence-corrected chi connectivity index (χ2v) is 33.8. The lowest BCUT2D eigenvalue weighted by Gasteiger charge is -2.26. The first kappa shape index (κ1) is 78.5. The lowest BCUT2D eigenvalue weighted by molar-refractivity contribution is 1.18. The SMILES string of the molecule is Brc1ccc(-c2ccc(-c3ccccc3)cc2)cc1.c1cc(-c2ccc(Nc3ccc(-c4cc5ccccc5c5ccccc45)cc3)cc2)cc(-n2c3ccccc3c3ccccc32)c1.c1ccc(-c2ccc(-c3ccc(N(c4ccc(-c5cccc(-n6c7ccccc7c7ccccc76)c5)cc4)c4ccc(-c5cc6ccccc6c6ccccc56)cc4)cc3)cc2)cc1. The van der Waals surface area contributed by atoms with Crippen LogP contribution in [0, 0.1) is 0 Å². The van der Waals surface area contributed by atoms with Gasteiger partial charge >= 0.3 is 0 Å². The molecule has 2 heterocycles. The van der Waals surface area contributed by atoms with Crippen LogP contribution in [-0.4, -0.2) is 9.13 Å². The molecule has 0 spiro atoms. The average Bonchev–Trinajstić information content (AvgIpc) is 1.69. The van der Waals surface area contributed by atoms with Gasteiger partial charge in [-0.3, -0.25) is 0 Å². The van der Waals surface area contributed by atoms with Crippen LogP contribution in [0.2, 0.25) is 0 Å². The molecule has 0 bridgehead atoms. The van der Waals surface area contributed by atoms with Gasteiger partial charge in [-0.2, -0.15) is 0 Å². The first-order valence-electron chi connectivity index (χ1n) is 44.0. The van der Waals surface area contributed by atoms with E-state index in [1.165, 1.54) is 176 Å². The summed E-state index contributed by atoms with van der Waals surface area (Å²) in [5.41, 5.74) is 32.0. The van der Waals surface area contributed by atoms with Crippen molar-refractivity contribution in [1.82, 2.24) is 9.13 Å². The Labute approximate surface area is 759 Å². The zero-order chi connectivity index (χ0) is 85.9. The molecule has 22 aromatic carbocycles. The largest absolute Gasteiger partial charge is 0.356 e. The summed E-state index contributed by atoms with van der Waals surface area (Å²) in [5.74, 6) is 0. The molecule has 0 aliphatic heterocycles. The van der Waals surface area contributed by atoms with Crippen LogP contribution in [0.5, 0.6) is 0 Å². The number of hydrogen-bond donors (Lipinski definition) is 1. The Morgan fingerprint density at radius 3 is 0.760 bits per heavy atom. The van der Waals surface area contributed by atoms with Gasteiger partial charge in [-0.05, 0) is 266 Å². The van der Waals surface area contributed by atoms with E-state index in [0.29, 0.717) is 0 Å². The van der Waals surface area contributed by atoms with Gasteiger partial charge in [0.25, 0.3) is 0 Å². The van der Waals surface area contributed by atoms with Crippen LogP contribution in [0.25, 0.3) is 187 Å². The molecule has 0 saturated carbocycles. The molecule has 129 heavy (non-hydrogen) atoms. The van der Waals surface area contributed by atoms with Crippen LogP contribution in [0.4, 0.5) is 28.4 Å². The highest BCUT2D eigenvalue weighted by Gasteiger charge is 2.20. The fourth-order valence-corrected chi connectivity index (χ4v) is 19.0. The van der Waals surface area contributed by atoms with Gasteiger partial charge in [0.05, 0.1) is 22.1 Å². The highest BCUT2D eigenvalue weighted by Crippen LogP contribution is 2.44. The van der Waals surface area contributed by atoms with Crippen LogP contribution in [0.1, 0.15) is 0 Å². The Hall–Kier alpha value is -16.4. The highest BCUT2D eigenvalue weighted by atomic mass is 79.9. The van der Waals surface area contributed by atoms with Gasteiger partial charge in [-0.1, -0.05) is 392 Å². The number of anilines is 5. The Balaban J connectivity index is 0.000000130. The summed E-state index contributed by atoms with van der Waals surface area (Å²) in [6.07, 6.45) is 0. The molecule has 4 nitrogen and oxygen atoms in total. The molecule has 0 aliphatic carbocycles. The van der Waals surface area contributed by atoms with Crippen LogP contribution >= 0.6 is 15.9 Å². The quantitative estimate of drug-likeness (QED) is 0.104. The van der Waals surface area contributed by atoms with E-state index in [0.717, 1.165) is 44.3 Å². The summed E-state index contributed by atoms with van der Waals surface area (Å²) in [7, 11) is 0. The maximum absolute atomic E-state index is 3.60. The molecular formula is C124H85BrN4. The Morgan fingerprint density at radius 1 is 0.171 bits per heavy atom. The first-order valence-corrected chi connectivity index (χ1v) is 44.8. The van der Waals surface area contributed by atoms with E-state index in [-0.39, 0.29) is 0 Å². The monoisotopic (exact) mass is 1710 g/mol. The van der Waals surface area contributed by atoms with Crippen molar-refractivity contribution < 1.29 is 0 Å². The van der Waals surface area contributed by atoms with Crippen molar-refractivity contribution in [2.24, 2.45) is 0 Å². The van der Waals surface area contributed by atoms with Crippen LogP contribution < -0.4 is 10.2 Å². The number of fused-ring (bicyclic) bond motifs is 12. The van der Waals surface area contributed by atoms with Crippen molar-refractivity contribution in [3.05, 3.63) is 514 Å².